The number of likely N-dealkylation sites (tertiary alicyclic amines) is 1. The van der Waals surface area contributed by atoms with Crippen molar-refractivity contribution in [3.63, 3.8) is 0 Å². The zero-order valence-electron chi connectivity index (χ0n) is 14.7. The molecule has 6 rings (SSSR count). The van der Waals surface area contributed by atoms with Gasteiger partial charge in [0.2, 0.25) is 0 Å². The Morgan fingerprint density at radius 1 is 1.31 bits per heavy atom. The molecule has 26 heavy (non-hydrogen) atoms. The number of rotatable bonds is 2. The first-order valence-corrected chi connectivity index (χ1v) is 9.81. The molecule has 3 fully saturated rings. The topological polar surface area (TPSA) is 82.0 Å². The number of carbonyl (C=O) groups is 1. The van der Waals surface area contributed by atoms with Crippen molar-refractivity contribution in [2.45, 2.75) is 55.3 Å². The van der Waals surface area contributed by atoms with E-state index in [0.29, 0.717) is 25.1 Å². The third kappa shape index (κ3) is 1.63. The summed E-state index contributed by atoms with van der Waals surface area (Å²) in [5.41, 5.74) is 0.241. The molecule has 3 heterocycles. The number of hydrogen-bond acceptors (Lipinski definition) is 5. The van der Waals surface area contributed by atoms with E-state index in [1.165, 1.54) is 12.8 Å². The zero-order valence-corrected chi connectivity index (χ0v) is 14.7. The number of aliphatic hydroxyl groups is 1. The van der Waals surface area contributed by atoms with Gasteiger partial charge in [0.25, 0.3) is 5.91 Å². The van der Waals surface area contributed by atoms with Gasteiger partial charge in [0, 0.05) is 24.7 Å². The van der Waals surface area contributed by atoms with E-state index in [9.17, 15) is 15.0 Å². The number of piperidine rings is 1. The van der Waals surface area contributed by atoms with Crippen molar-refractivity contribution < 1.29 is 19.7 Å². The van der Waals surface area contributed by atoms with Crippen molar-refractivity contribution >= 4 is 5.91 Å². The summed E-state index contributed by atoms with van der Waals surface area (Å²) in [6.07, 6.45) is 3.77. The van der Waals surface area contributed by atoms with Gasteiger partial charge in [0.1, 0.15) is 0 Å². The van der Waals surface area contributed by atoms with E-state index >= 15 is 0 Å². The molecule has 2 aliphatic carbocycles. The summed E-state index contributed by atoms with van der Waals surface area (Å²) in [6, 6.07) is 3.62. The van der Waals surface area contributed by atoms with Crippen LogP contribution in [-0.2, 0) is 16.6 Å². The number of aromatic hydroxyl groups is 1. The minimum Gasteiger partial charge on any atom is -0.504 e. The highest BCUT2D eigenvalue weighted by atomic mass is 16.5. The Morgan fingerprint density at radius 2 is 2.15 bits per heavy atom. The van der Waals surface area contributed by atoms with Crippen LogP contribution in [0.5, 0.6) is 11.5 Å². The molecule has 5 aliphatic rings. The highest BCUT2D eigenvalue weighted by Gasteiger charge is 2.72. The molecule has 4 atom stereocenters. The van der Waals surface area contributed by atoms with Crippen LogP contribution in [0.4, 0.5) is 0 Å². The van der Waals surface area contributed by atoms with E-state index in [4.69, 9.17) is 4.74 Å². The molecule has 2 saturated heterocycles. The van der Waals surface area contributed by atoms with Crippen molar-refractivity contribution in [2.24, 2.45) is 5.92 Å². The fourth-order valence-corrected chi connectivity index (χ4v) is 6.22. The lowest BCUT2D eigenvalue weighted by Gasteiger charge is -2.60. The number of nitrogens with one attached hydrogen (secondary N) is 1. The summed E-state index contributed by atoms with van der Waals surface area (Å²) in [5, 5.41) is 25.4. The second-order valence-electron chi connectivity index (χ2n) is 8.79. The fourth-order valence-electron chi connectivity index (χ4n) is 6.22. The maximum atomic E-state index is 12.8. The third-order valence-electron chi connectivity index (χ3n) is 7.56. The third-order valence-corrected chi connectivity index (χ3v) is 7.56. The number of phenols is 1. The van der Waals surface area contributed by atoms with Crippen molar-refractivity contribution in [3.8, 4) is 11.5 Å². The van der Waals surface area contributed by atoms with Crippen LogP contribution in [-0.4, -0.2) is 58.4 Å². The molecule has 138 valence electrons. The average molecular weight is 356 g/mol. The van der Waals surface area contributed by atoms with Gasteiger partial charge in [-0.15, -0.1) is 0 Å². The second-order valence-corrected chi connectivity index (χ2v) is 8.79. The van der Waals surface area contributed by atoms with Gasteiger partial charge in [0.05, 0.1) is 11.0 Å². The van der Waals surface area contributed by atoms with E-state index in [1.54, 1.807) is 6.07 Å². The number of hydrogen-bond donors (Lipinski definition) is 3. The van der Waals surface area contributed by atoms with Crippen molar-refractivity contribution in [1.29, 1.82) is 0 Å². The molecule has 1 saturated carbocycles. The first-order chi connectivity index (χ1) is 12.5. The number of phenolic OH excluding ortho intramolecular Hbond substituents is 1. The van der Waals surface area contributed by atoms with Crippen LogP contribution >= 0.6 is 0 Å². The molecule has 2 bridgehead atoms. The lowest BCUT2D eigenvalue weighted by Crippen LogP contribution is -2.74. The average Bonchev–Trinajstić information content (AvgIpc) is 3.36. The Balaban J connectivity index is 1.59. The maximum absolute atomic E-state index is 12.8. The summed E-state index contributed by atoms with van der Waals surface area (Å²) in [5.74, 6) is 1.07. The van der Waals surface area contributed by atoms with E-state index in [0.717, 1.165) is 36.6 Å². The van der Waals surface area contributed by atoms with Crippen molar-refractivity contribution in [3.05, 3.63) is 23.3 Å². The van der Waals surface area contributed by atoms with Crippen LogP contribution in [0.2, 0.25) is 0 Å². The van der Waals surface area contributed by atoms with Crippen molar-refractivity contribution in [2.75, 3.05) is 19.6 Å². The number of ether oxygens (including phenoxy) is 1. The molecule has 3 N–H and O–H groups in total. The summed E-state index contributed by atoms with van der Waals surface area (Å²) in [7, 11) is 0. The normalized spacial score (nSPS) is 40.4. The Bertz CT molecular complexity index is 822. The number of carbonyl (C=O) groups excluding carboxylic acids is 1. The smallest absolute Gasteiger partial charge is 0.262 e. The minimum absolute atomic E-state index is 0.00126. The van der Waals surface area contributed by atoms with Crippen LogP contribution in [0.25, 0.3) is 0 Å². The summed E-state index contributed by atoms with van der Waals surface area (Å²) >= 11 is 0. The largest absolute Gasteiger partial charge is 0.504 e. The lowest BCUT2D eigenvalue weighted by molar-refractivity contribution is -0.168. The Morgan fingerprint density at radius 3 is 2.96 bits per heavy atom. The predicted octanol–water partition coefficient (Wildman–Crippen LogP) is 0.682. The van der Waals surface area contributed by atoms with Gasteiger partial charge in [-0.25, -0.2) is 0 Å². The molecule has 0 radical (unpaired) electrons. The van der Waals surface area contributed by atoms with Gasteiger partial charge in [-0.3, -0.25) is 9.69 Å². The van der Waals surface area contributed by atoms with E-state index < -0.39 is 17.1 Å². The van der Waals surface area contributed by atoms with Gasteiger partial charge >= 0.3 is 0 Å². The number of amides is 1. The molecule has 0 aromatic heterocycles. The van der Waals surface area contributed by atoms with Gasteiger partial charge in [-0.2, -0.15) is 0 Å². The van der Waals surface area contributed by atoms with Crippen molar-refractivity contribution in [1.82, 2.24) is 10.2 Å². The van der Waals surface area contributed by atoms with Crippen LogP contribution in [0.1, 0.15) is 36.8 Å². The maximum Gasteiger partial charge on any atom is 0.262 e. The first-order valence-electron chi connectivity index (χ1n) is 9.81. The quantitative estimate of drug-likeness (QED) is 0.726. The summed E-state index contributed by atoms with van der Waals surface area (Å²) < 4.78 is 6.05. The van der Waals surface area contributed by atoms with Crippen LogP contribution < -0.4 is 10.1 Å². The second kappa shape index (κ2) is 4.73. The first kappa shape index (κ1) is 15.3. The number of nitrogens with zero attached hydrogens (tertiary/aromatic N) is 1. The van der Waals surface area contributed by atoms with Gasteiger partial charge in [-0.05, 0) is 56.2 Å². The standard InChI is InChI=1S/C20H24N2O4/c23-13-4-3-12-9-14-20(25)5-7-21-18(24)17-19(20,15(12)16(13)26-17)6-8-22(14)10-11-1-2-11/h3-4,11,14,17,23,25H,1-2,5-10H2,(H,21,24)/t14-,17+,19+,20-/m1/s1. The molecular formula is C20H24N2O4. The Hall–Kier alpha value is -1.79. The molecule has 1 aromatic carbocycles. The molecule has 1 spiro atoms. The van der Waals surface area contributed by atoms with E-state index in [1.807, 2.05) is 6.07 Å². The molecule has 6 nitrogen and oxygen atoms in total. The summed E-state index contributed by atoms with van der Waals surface area (Å²) in [4.78, 5) is 15.3. The molecule has 0 unspecified atom stereocenters. The van der Waals surface area contributed by atoms with Gasteiger partial charge < -0.3 is 20.3 Å². The summed E-state index contributed by atoms with van der Waals surface area (Å²) in [6.45, 7) is 2.37. The monoisotopic (exact) mass is 356 g/mol. The zero-order chi connectivity index (χ0) is 17.7. The van der Waals surface area contributed by atoms with E-state index in [-0.39, 0.29) is 17.7 Å². The fraction of sp³-hybridized carbons (Fsp3) is 0.650. The van der Waals surface area contributed by atoms with Gasteiger partial charge in [0.15, 0.2) is 17.6 Å². The van der Waals surface area contributed by atoms with Crippen LogP contribution in [0.3, 0.4) is 0 Å². The van der Waals surface area contributed by atoms with Gasteiger partial charge in [-0.1, -0.05) is 6.07 Å². The minimum atomic E-state index is -1.02. The highest BCUT2D eigenvalue weighted by molar-refractivity contribution is 5.87. The molecule has 1 amide bonds. The van der Waals surface area contributed by atoms with E-state index in [2.05, 4.69) is 10.2 Å². The molecular weight excluding hydrogens is 332 g/mol. The van der Waals surface area contributed by atoms with Crippen LogP contribution in [0.15, 0.2) is 12.1 Å². The Kier molecular flexibility index (Phi) is 2.78. The lowest BCUT2D eigenvalue weighted by atomic mass is 9.52. The predicted molar refractivity (Wildman–Crippen MR) is 93.2 cm³/mol. The number of benzene rings is 1. The van der Waals surface area contributed by atoms with Crippen LogP contribution in [0, 0.1) is 5.92 Å². The molecule has 1 aromatic rings. The SMILES string of the molecule is O=C1NCC[C@@]2(O)[C@H]3Cc4ccc(O)c5c4[C@@]2(CCN3CC2CC2)[C@H]1O5. The highest BCUT2D eigenvalue weighted by Crippen LogP contribution is 2.63. The molecule has 6 heteroatoms. The molecule has 3 aliphatic heterocycles. The Labute approximate surface area is 152 Å².